The second-order valence-corrected chi connectivity index (χ2v) is 4.44. The molecule has 0 aliphatic heterocycles. The maximum atomic E-state index is 12.2. The molecule has 0 atom stereocenters. The van der Waals surface area contributed by atoms with Crippen LogP contribution in [0.4, 0.5) is 5.69 Å². The minimum atomic E-state index is -0.489. The summed E-state index contributed by atoms with van der Waals surface area (Å²) in [5.74, 6) is -0.183. The number of hydrogen-bond donors (Lipinski definition) is 1. The van der Waals surface area contributed by atoms with Gasteiger partial charge in [-0.2, -0.15) is 0 Å². The fourth-order valence-corrected chi connectivity index (χ4v) is 1.75. The predicted octanol–water partition coefficient (Wildman–Crippen LogP) is 1.58. The molecule has 1 aromatic carbocycles. The summed E-state index contributed by atoms with van der Waals surface area (Å²) in [5, 5.41) is 13.8. The van der Waals surface area contributed by atoms with E-state index in [0.29, 0.717) is 12.1 Å². The second-order valence-electron chi connectivity index (χ2n) is 4.44. The standard InChI is InChI=1S/C13H19N3O3/c1-10-5-6-11(16(18)19)9-12(10)13(17)15(3)8-4-7-14-2/h5-6,9,14H,4,7-8H2,1-3H3. The number of rotatable bonds is 6. The van der Waals surface area contributed by atoms with E-state index in [0.717, 1.165) is 18.5 Å². The van der Waals surface area contributed by atoms with Crippen molar-refractivity contribution >= 4 is 11.6 Å². The molecule has 104 valence electrons. The zero-order chi connectivity index (χ0) is 14.4. The Morgan fingerprint density at radius 3 is 2.74 bits per heavy atom. The van der Waals surface area contributed by atoms with E-state index in [1.165, 1.54) is 12.1 Å². The molecule has 0 bridgehead atoms. The maximum Gasteiger partial charge on any atom is 0.270 e. The van der Waals surface area contributed by atoms with Crippen molar-refractivity contribution < 1.29 is 9.72 Å². The van der Waals surface area contributed by atoms with Crippen molar-refractivity contribution in [1.29, 1.82) is 0 Å². The van der Waals surface area contributed by atoms with Gasteiger partial charge in [-0.3, -0.25) is 14.9 Å². The first kappa shape index (κ1) is 15.1. The molecule has 6 nitrogen and oxygen atoms in total. The smallest absolute Gasteiger partial charge is 0.270 e. The quantitative estimate of drug-likeness (QED) is 0.481. The Morgan fingerprint density at radius 1 is 1.47 bits per heavy atom. The molecule has 0 aliphatic carbocycles. The van der Waals surface area contributed by atoms with Gasteiger partial charge >= 0.3 is 0 Å². The number of aryl methyl sites for hydroxylation is 1. The number of hydrogen-bond acceptors (Lipinski definition) is 4. The molecular formula is C13H19N3O3. The summed E-state index contributed by atoms with van der Waals surface area (Å²) in [5.41, 5.74) is 1.08. The number of nitro groups is 1. The van der Waals surface area contributed by atoms with E-state index in [1.54, 1.807) is 24.9 Å². The molecule has 0 heterocycles. The lowest BCUT2D eigenvalue weighted by molar-refractivity contribution is -0.384. The molecule has 0 saturated carbocycles. The van der Waals surface area contributed by atoms with E-state index in [9.17, 15) is 14.9 Å². The van der Waals surface area contributed by atoms with Crippen LogP contribution in [-0.2, 0) is 0 Å². The van der Waals surface area contributed by atoms with Gasteiger partial charge in [-0.25, -0.2) is 0 Å². The van der Waals surface area contributed by atoms with Gasteiger partial charge in [0, 0.05) is 31.3 Å². The highest BCUT2D eigenvalue weighted by Gasteiger charge is 2.17. The largest absolute Gasteiger partial charge is 0.342 e. The van der Waals surface area contributed by atoms with Crippen LogP contribution in [0.25, 0.3) is 0 Å². The summed E-state index contributed by atoms with van der Waals surface area (Å²) < 4.78 is 0. The lowest BCUT2D eigenvalue weighted by Gasteiger charge is -2.18. The highest BCUT2D eigenvalue weighted by Crippen LogP contribution is 2.18. The highest BCUT2D eigenvalue weighted by molar-refractivity contribution is 5.96. The lowest BCUT2D eigenvalue weighted by atomic mass is 10.1. The van der Waals surface area contributed by atoms with Crippen LogP contribution in [0.3, 0.4) is 0 Å². The molecule has 0 radical (unpaired) electrons. The molecule has 1 amide bonds. The molecule has 0 saturated heterocycles. The van der Waals surface area contributed by atoms with Crippen LogP contribution in [0.1, 0.15) is 22.3 Å². The van der Waals surface area contributed by atoms with Crippen LogP contribution < -0.4 is 5.32 Å². The van der Waals surface area contributed by atoms with Crippen LogP contribution in [0.5, 0.6) is 0 Å². The van der Waals surface area contributed by atoms with Crippen molar-refractivity contribution in [2.24, 2.45) is 0 Å². The Balaban J connectivity index is 2.86. The molecule has 1 rings (SSSR count). The summed E-state index contributed by atoms with van der Waals surface area (Å²) in [6, 6.07) is 4.35. The topological polar surface area (TPSA) is 75.5 Å². The van der Waals surface area contributed by atoms with Gasteiger partial charge in [-0.15, -0.1) is 0 Å². The van der Waals surface area contributed by atoms with Crippen LogP contribution >= 0.6 is 0 Å². The van der Waals surface area contributed by atoms with Crippen molar-refractivity contribution in [3.05, 3.63) is 39.4 Å². The monoisotopic (exact) mass is 265 g/mol. The van der Waals surface area contributed by atoms with Gasteiger partial charge in [0.2, 0.25) is 0 Å². The maximum absolute atomic E-state index is 12.2. The van der Waals surface area contributed by atoms with E-state index >= 15 is 0 Å². The Hall–Kier alpha value is -1.95. The fourth-order valence-electron chi connectivity index (χ4n) is 1.75. The molecule has 1 aromatic rings. The molecule has 19 heavy (non-hydrogen) atoms. The first-order chi connectivity index (χ1) is 8.97. The molecular weight excluding hydrogens is 246 g/mol. The third kappa shape index (κ3) is 4.03. The first-order valence-corrected chi connectivity index (χ1v) is 6.12. The van der Waals surface area contributed by atoms with Crippen molar-refractivity contribution in [2.75, 3.05) is 27.2 Å². The Labute approximate surface area is 112 Å². The van der Waals surface area contributed by atoms with E-state index in [1.807, 2.05) is 7.05 Å². The molecule has 6 heteroatoms. The molecule has 0 fully saturated rings. The van der Waals surface area contributed by atoms with Crippen molar-refractivity contribution in [3.8, 4) is 0 Å². The third-order valence-corrected chi connectivity index (χ3v) is 2.93. The average Bonchev–Trinajstić information content (AvgIpc) is 2.38. The van der Waals surface area contributed by atoms with E-state index < -0.39 is 4.92 Å². The van der Waals surface area contributed by atoms with Gasteiger partial charge < -0.3 is 10.2 Å². The zero-order valence-corrected chi connectivity index (χ0v) is 11.5. The molecule has 1 N–H and O–H groups in total. The highest BCUT2D eigenvalue weighted by atomic mass is 16.6. The van der Waals surface area contributed by atoms with Crippen LogP contribution in [0, 0.1) is 17.0 Å². The number of benzene rings is 1. The van der Waals surface area contributed by atoms with Crippen molar-refractivity contribution in [3.63, 3.8) is 0 Å². The normalized spacial score (nSPS) is 10.3. The molecule has 0 unspecified atom stereocenters. The van der Waals surface area contributed by atoms with E-state index in [2.05, 4.69) is 5.32 Å². The number of nitro benzene ring substituents is 1. The van der Waals surface area contributed by atoms with Gasteiger partial charge in [-0.1, -0.05) is 6.07 Å². The van der Waals surface area contributed by atoms with Gasteiger partial charge in [0.25, 0.3) is 11.6 Å². The summed E-state index contributed by atoms with van der Waals surface area (Å²) in [6.07, 6.45) is 0.840. The van der Waals surface area contributed by atoms with Gasteiger partial charge in [0.15, 0.2) is 0 Å². The number of amides is 1. The Morgan fingerprint density at radius 2 is 2.16 bits per heavy atom. The minimum Gasteiger partial charge on any atom is -0.342 e. The Kier molecular flexibility index (Phi) is 5.44. The lowest BCUT2D eigenvalue weighted by Crippen LogP contribution is -2.30. The third-order valence-electron chi connectivity index (χ3n) is 2.93. The van der Waals surface area contributed by atoms with Gasteiger partial charge in [0.1, 0.15) is 0 Å². The number of carbonyl (C=O) groups excluding carboxylic acids is 1. The Bertz CT molecular complexity index is 474. The van der Waals surface area contributed by atoms with Gasteiger partial charge in [-0.05, 0) is 32.5 Å². The minimum absolute atomic E-state index is 0.0578. The van der Waals surface area contributed by atoms with Crippen LogP contribution in [0.15, 0.2) is 18.2 Å². The van der Waals surface area contributed by atoms with E-state index in [-0.39, 0.29) is 11.6 Å². The summed E-state index contributed by atoms with van der Waals surface area (Å²) in [7, 11) is 3.56. The molecule has 0 aliphatic rings. The van der Waals surface area contributed by atoms with Crippen LogP contribution in [0.2, 0.25) is 0 Å². The summed E-state index contributed by atoms with van der Waals surface area (Å²) in [4.78, 5) is 24.1. The summed E-state index contributed by atoms with van der Waals surface area (Å²) >= 11 is 0. The second kappa shape index (κ2) is 6.84. The van der Waals surface area contributed by atoms with Crippen molar-refractivity contribution in [1.82, 2.24) is 10.2 Å². The number of nitrogens with one attached hydrogen (secondary N) is 1. The van der Waals surface area contributed by atoms with Crippen LogP contribution in [-0.4, -0.2) is 42.9 Å². The number of carbonyl (C=O) groups is 1. The summed E-state index contributed by atoms with van der Waals surface area (Å²) in [6.45, 7) is 3.21. The van der Waals surface area contributed by atoms with E-state index in [4.69, 9.17) is 0 Å². The fraction of sp³-hybridized carbons (Fsp3) is 0.462. The molecule has 0 spiro atoms. The predicted molar refractivity (Wildman–Crippen MR) is 73.3 cm³/mol. The van der Waals surface area contributed by atoms with Gasteiger partial charge in [0.05, 0.1) is 4.92 Å². The number of nitrogens with zero attached hydrogens (tertiary/aromatic N) is 2. The average molecular weight is 265 g/mol. The number of non-ortho nitro benzene ring substituents is 1. The molecule has 0 aromatic heterocycles. The van der Waals surface area contributed by atoms with Crippen molar-refractivity contribution in [2.45, 2.75) is 13.3 Å². The SMILES string of the molecule is CNCCCN(C)C(=O)c1cc([N+](=O)[O-])ccc1C. The zero-order valence-electron chi connectivity index (χ0n) is 11.5. The first-order valence-electron chi connectivity index (χ1n) is 6.12.